The molecule has 116 valence electrons. The molecule has 0 amide bonds. The second-order valence-corrected chi connectivity index (χ2v) is 6.90. The summed E-state index contributed by atoms with van der Waals surface area (Å²) in [5.41, 5.74) is 3.07. The third kappa shape index (κ3) is 3.87. The highest BCUT2D eigenvalue weighted by atomic mass is 15.2. The lowest BCUT2D eigenvalue weighted by Gasteiger charge is -2.33. The average Bonchev–Trinajstić information content (AvgIpc) is 2.94. The molecule has 1 saturated carbocycles. The molecule has 1 aromatic rings. The minimum Gasteiger partial charge on any atom is -0.312 e. The van der Waals surface area contributed by atoms with Crippen LogP contribution >= 0.6 is 0 Å². The highest BCUT2D eigenvalue weighted by Crippen LogP contribution is 2.29. The Kier molecular flexibility index (Phi) is 5.32. The number of hydrogen-bond donors (Lipinski definition) is 1. The molecule has 1 N–H and O–H groups in total. The zero-order valence-electron chi connectivity index (χ0n) is 13.5. The van der Waals surface area contributed by atoms with Crippen LogP contribution in [0.5, 0.6) is 0 Å². The Morgan fingerprint density at radius 2 is 1.76 bits per heavy atom. The number of fused-ring (bicyclic) bond motifs is 1. The van der Waals surface area contributed by atoms with Gasteiger partial charge in [-0.2, -0.15) is 0 Å². The fraction of sp³-hybridized carbons (Fsp3) is 0.684. The van der Waals surface area contributed by atoms with Crippen molar-refractivity contribution in [2.24, 2.45) is 5.92 Å². The van der Waals surface area contributed by atoms with E-state index in [0.29, 0.717) is 6.04 Å². The van der Waals surface area contributed by atoms with E-state index < -0.39 is 0 Å². The van der Waals surface area contributed by atoms with Crippen molar-refractivity contribution in [1.29, 1.82) is 0 Å². The van der Waals surface area contributed by atoms with Gasteiger partial charge in [-0.25, -0.2) is 0 Å². The predicted molar refractivity (Wildman–Crippen MR) is 89.2 cm³/mol. The van der Waals surface area contributed by atoms with Gasteiger partial charge < -0.3 is 5.32 Å². The van der Waals surface area contributed by atoms with Crippen LogP contribution in [-0.4, -0.2) is 24.0 Å². The van der Waals surface area contributed by atoms with Gasteiger partial charge in [0.25, 0.3) is 0 Å². The number of benzene rings is 1. The smallest absolute Gasteiger partial charge is 0.0241 e. The van der Waals surface area contributed by atoms with Crippen LogP contribution in [0.1, 0.15) is 56.6 Å². The predicted octanol–water partition coefficient (Wildman–Crippen LogP) is 3.95. The first-order chi connectivity index (χ1) is 10.4. The maximum Gasteiger partial charge on any atom is 0.0241 e. The third-order valence-corrected chi connectivity index (χ3v) is 5.24. The molecule has 0 aromatic heterocycles. The number of rotatable bonds is 6. The van der Waals surface area contributed by atoms with E-state index in [2.05, 4.69) is 41.4 Å². The van der Waals surface area contributed by atoms with Crippen LogP contribution in [0.3, 0.4) is 0 Å². The molecule has 1 unspecified atom stereocenters. The maximum absolute atomic E-state index is 3.85. The third-order valence-electron chi connectivity index (χ3n) is 5.24. The Morgan fingerprint density at radius 1 is 1.10 bits per heavy atom. The summed E-state index contributed by atoms with van der Waals surface area (Å²) in [7, 11) is 0. The fourth-order valence-corrected chi connectivity index (χ4v) is 4.06. The van der Waals surface area contributed by atoms with E-state index in [1.54, 1.807) is 0 Å². The maximum atomic E-state index is 3.85. The molecule has 1 fully saturated rings. The summed E-state index contributed by atoms with van der Waals surface area (Å²) < 4.78 is 0. The molecule has 0 spiro atoms. The molecule has 1 atom stereocenters. The van der Waals surface area contributed by atoms with Crippen molar-refractivity contribution in [3.63, 3.8) is 0 Å². The van der Waals surface area contributed by atoms with Crippen molar-refractivity contribution in [3.05, 3.63) is 35.4 Å². The topological polar surface area (TPSA) is 15.3 Å². The van der Waals surface area contributed by atoms with Crippen molar-refractivity contribution in [2.45, 2.75) is 64.6 Å². The van der Waals surface area contributed by atoms with Gasteiger partial charge in [-0.15, -0.1) is 0 Å². The standard InChI is InChI=1S/C19H30N2/c1-2-12-20-19(16-8-4-3-5-9-16)15-21-13-17-10-6-7-11-18(17)14-21/h6-7,10-11,16,19-20H,2-5,8-9,12-15H2,1H3. The van der Waals surface area contributed by atoms with E-state index in [1.807, 2.05) is 0 Å². The van der Waals surface area contributed by atoms with E-state index in [-0.39, 0.29) is 0 Å². The quantitative estimate of drug-likeness (QED) is 0.852. The van der Waals surface area contributed by atoms with Gasteiger partial charge in [-0.05, 0) is 42.9 Å². The van der Waals surface area contributed by atoms with E-state index in [4.69, 9.17) is 0 Å². The molecule has 0 radical (unpaired) electrons. The van der Waals surface area contributed by atoms with Gasteiger partial charge in [0.2, 0.25) is 0 Å². The lowest BCUT2D eigenvalue weighted by molar-refractivity contribution is 0.184. The van der Waals surface area contributed by atoms with Crippen LogP contribution in [0.4, 0.5) is 0 Å². The van der Waals surface area contributed by atoms with Crippen molar-refractivity contribution < 1.29 is 0 Å². The first-order valence-electron chi connectivity index (χ1n) is 8.89. The summed E-state index contributed by atoms with van der Waals surface area (Å²) in [6.45, 7) is 6.96. The zero-order chi connectivity index (χ0) is 14.5. The van der Waals surface area contributed by atoms with Crippen LogP contribution < -0.4 is 5.32 Å². The number of nitrogens with one attached hydrogen (secondary N) is 1. The first-order valence-corrected chi connectivity index (χ1v) is 8.89. The van der Waals surface area contributed by atoms with Gasteiger partial charge in [-0.3, -0.25) is 4.90 Å². The Bertz CT molecular complexity index is 412. The van der Waals surface area contributed by atoms with Crippen LogP contribution in [0.25, 0.3) is 0 Å². The highest BCUT2D eigenvalue weighted by Gasteiger charge is 2.27. The Morgan fingerprint density at radius 3 is 2.38 bits per heavy atom. The van der Waals surface area contributed by atoms with Gasteiger partial charge in [0.05, 0.1) is 0 Å². The summed E-state index contributed by atoms with van der Waals surface area (Å²) in [6.07, 6.45) is 8.43. The molecule has 0 saturated heterocycles. The highest BCUT2D eigenvalue weighted by molar-refractivity contribution is 5.30. The second-order valence-electron chi connectivity index (χ2n) is 6.90. The van der Waals surface area contributed by atoms with Crippen LogP contribution in [0, 0.1) is 5.92 Å². The average molecular weight is 286 g/mol. The molecule has 1 heterocycles. The molecule has 21 heavy (non-hydrogen) atoms. The van der Waals surface area contributed by atoms with E-state index in [0.717, 1.165) is 19.0 Å². The summed E-state index contributed by atoms with van der Waals surface area (Å²) in [4.78, 5) is 2.65. The summed E-state index contributed by atoms with van der Waals surface area (Å²) >= 11 is 0. The van der Waals surface area contributed by atoms with Crippen molar-refractivity contribution >= 4 is 0 Å². The van der Waals surface area contributed by atoms with Crippen molar-refractivity contribution in [3.8, 4) is 0 Å². The molecule has 0 bridgehead atoms. The number of nitrogens with zero attached hydrogens (tertiary/aromatic N) is 1. The molecule has 2 heteroatoms. The number of hydrogen-bond acceptors (Lipinski definition) is 2. The minimum absolute atomic E-state index is 0.694. The monoisotopic (exact) mass is 286 g/mol. The fourth-order valence-electron chi connectivity index (χ4n) is 4.06. The molecule has 2 aliphatic rings. The van der Waals surface area contributed by atoms with E-state index >= 15 is 0 Å². The Hall–Kier alpha value is -0.860. The second kappa shape index (κ2) is 7.42. The SMILES string of the molecule is CCCNC(CN1Cc2ccccc2C1)C1CCCCC1. The molecule has 2 nitrogen and oxygen atoms in total. The summed E-state index contributed by atoms with van der Waals surface area (Å²) in [5, 5.41) is 3.85. The molecule has 3 rings (SSSR count). The lowest BCUT2D eigenvalue weighted by Crippen LogP contribution is -2.45. The normalized spacial score (nSPS) is 21.4. The first kappa shape index (κ1) is 15.1. The summed E-state index contributed by atoms with van der Waals surface area (Å²) in [5.74, 6) is 0.897. The van der Waals surface area contributed by atoms with Gasteiger partial charge in [0.1, 0.15) is 0 Å². The van der Waals surface area contributed by atoms with Crippen molar-refractivity contribution in [1.82, 2.24) is 10.2 Å². The largest absolute Gasteiger partial charge is 0.312 e. The Labute approximate surface area is 129 Å². The van der Waals surface area contributed by atoms with Crippen LogP contribution in [0.15, 0.2) is 24.3 Å². The Balaban J connectivity index is 1.59. The van der Waals surface area contributed by atoms with Crippen molar-refractivity contribution in [2.75, 3.05) is 13.1 Å². The molecular weight excluding hydrogens is 256 g/mol. The van der Waals surface area contributed by atoms with Crippen LogP contribution in [-0.2, 0) is 13.1 Å². The minimum atomic E-state index is 0.694. The van der Waals surface area contributed by atoms with Crippen LogP contribution in [0.2, 0.25) is 0 Å². The van der Waals surface area contributed by atoms with Gasteiger partial charge in [-0.1, -0.05) is 50.5 Å². The van der Waals surface area contributed by atoms with Gasteiger partial charge in [0, 0.05) is 25.7 Å². The molecular formula is C19H30N2. The zero-order valence-corrected chi connectivity index (χ0v) is 13.5. The molecule has 1 aromatic carbocycles. The molecule has 1 aliphatic heterocycles. The van der Waals surface area contributed by atoms with Gasteiger partial charge in [0.15, 0.2) is 0 Å². The van der Waals surface area contributed by atoms with Gasteiger partial charge >= 0.3 is 0 Å². The summed E-state index contributed by atoms with van der Waals surface area (Å²) in [6, 6.07) is 9.64. The van der Waals surface area contributed by atoms with E-state index in [1.165, 1.54) is 62.7 Å². The van der Waals surface area contributed by atoms with E-state index in [9.17, 15) is 0 Å². The lowest BCUT2D eigenvalue weighted by atomic mass is 9.83. The molecule has 1 aliphatic carbocycles.